The van der Waals surface area contributed by atoms with Crippen molar-refractivity contribution in [3.8, 4) is 0 Å². The molecule has 3 rings (SSSR count). The quantitative estimate of drug-likeness (QED) is 0.820. The normalized spacial score (nSPS) is 15.0. The zero-order valence-corrected chi connectivity index (χ0v) is 13.4. The Hall–Kier alpha value is -1.46. The average Bonchev–Trinajstić information content (AvgIpc) is 3.18. The first-order chi connectivity index (χ1) is 10.3. The predicted octanol–water partition coefficient (Wildman–Crippen LogP) is 3.16. The van der Waals surface area contributed by atoms with Gasteiger partial charge in [0.1, 0.15) is 0 Å². The van der Waals surface area contributed by atoms with E-state index in [2.05, 4.69) is 38.8 Å². The average molecular weight is 302 g/mol. The van der Waals surface area contributed by atoms with Gasteiger partial charge in [-0.3, -0.25) is 9.88 Å². The van der Waals surface area contributed by atoms with Gasteiger partial charge in [0.05, 0.1) is 0 Å². The summed E-state index contributed by atoms with van der Waals surface area (Å²) >= 11 is 1.85. The van der Waals surface area contributed by atoms with Crippen molar-refractivity contribution in [3.05, 3.63) is 41.2 Å². The van der Waals surface area contributed by atoms with E-state index in [-0.39, 0.29) is 0 Å². The molecule has 1 saturated heterocycles. The first-order valence-electron chi connectivity index (χ1n) is 7.66. The molecule has 4 nitrogen and oxygen atoms in total. The third kappa shape index (κ3) is 3.80. The van der Waals surface area contributed by atoms with Crippen LogP contribution in [0.25, 0.3) is 0 Å². The van der Waals surface area contributed by atoms with Crippen LogP contribution in [-0.2, 0) is 13.1 Å². The van der Waals surface area contributed by atoms with Gasteiger partial charge in [-0.2, -0.15) is 0 Å². The van der Waals surface area contributed by atoms with Crippen LogP contribution < -0.4 is 4.90 Å². The second-order valence-electron chi connectivity index (χ2n) is 5.46. The van der Waals surface area contributed by atoms with Crippen LogP contribution in [0.15, 0.2) is 30.7 Å². The number of rotatable bonds is 6. The van der Waals surface area contributed by atoms with Gasteiger partial charge in [-0.25, -0.2) is 4.98 Å². The van der Waals surface area contributed by atoms with Crippen LogP contribution in [0.5, 0.6) is 0 Å². The summed E-state index contributed by atoms with van der Waals surface area (Å²) in [5, 5.41) is 1.20. The highest BCUT2D eigenvalue weighted by molar-refractivity contribution is 7.15. The number of pyridine rings is 1. The van der Waals surface area contributed by atoms with Gasteiger partial charge in [0, 0.05) is 49.6 Å². The summed E-state index contributed by atoms with van der Waals surface area (Å²) in [4.78, 5) is 14.9. The fourth-order valence-corrected chi connectivity index (χ4v) is 3.68. The first-order valence-corrected chi connectivity index (χ1v) is 8.47. The maximum Gasteiger partial charge on any atom is 0.185 e. The molecule has 0 spiro atoms. The van der Waals surface area contributed by atoms with Gasteiger partial charge in [-0.1, -0.05) is 6.92 Å². The molecule has 0 aliphatic carbocycles. The monoisotopic (exact) mass is 302 g/mol. The highest BCUT2D eigenvalue weighted by atomic mass is 32.1. The van der Waals surface area contributed by atoms with E-state index in [4.69, 9.17) is 0 Å². The lowest BCUT2D eigenvalue weighted by atomic mass is 10.2. The van der Waals surface area contributed by atoms with Crippen LogP contribution in [0, 0.1) is 0 Å². The lowest BCUT2D eigenvalue weighted by Crippen LogP contribution is -2.21. The Bertz CT molecular complexity index is 548. The van der Waals surface area contributed by atoms with Crippen molar-refractivity contribution in [2.24, 2.45) is 0 Å². The molecule has 2 aromatic heterocycles. The molecule has 0 aromatic carbocycles. The lowest BCUT2D eigenvalue weighted by Gasteiger charge is -2.19. The number of anilines is 1. The number of hydrogen-bond donors (Lipinski definition) is 0. The van der Waals surface area contributed by atoms with Crippen LogP contribution >= 0.6 is 11.3 Å². The molecule has 0 saturated carbocycles. The molecule has 0 radical (unpaired) electrons. The number of aromatic nitrogens is 2. The Morgan fingerprint density at radius 3 is 2.67 bits per heavy atom. The van der Waals surface area contributed by atoms with E-state index in [1.807, 2.05) is 29.9 Å². The molecule has 112 valence electrons. The van der Waals surface area contributed by atoms with E-state index in [1.54, 1.807) is 0 Å². The molecule has 0 unspecified atom stereocenters. The summed E-state index contributed by atoms with van der Waals surface area (Å²) < 4.78 is 0. The standard InChI is InChI=1S/C16H22N4S/c1-2-19(12-14-5-7-17-8-6-14)13-15-11-18-16(21-15)20-9-3-4-10-20/h5-8,11H,2-4,9-10,12-13H2,1H3. The Morgan fingerprint density at radius 2 is 1.95 bits per heavy atom. The van der Waals surface area contributed by atoms with Crippen LogP contribution in [0.4, 0.5) is 5.13 Å². The predicted molar refractivity (Wildman–Crippen MR) is 87.6 cm³/mol. The van der Waals surface area contributed by atoms with Gasteiger partial charge in [-0.15, -0.1) is 11.3 Å². The molecule has 5 heteroatoms. The molecular formula is C16H22N4S. The van der Waals surface area contributed by atoms with Crippen LogP contribution in [0.2, 0.25) is 0 Å². The molecule has 1 fully saturated rings. The van der Waals surface area contributed by atoms with Gasteiger partial charge in [0.25, 0.3) is 0 Å². The van der Waals surface area contributed by atoms with Gasteiger partial charge >= 0.3 is 0 Å². The summed E-state index contributed by atoms with van der Waals surface area (Å²) in [5.41, 5.74) is 1.32. The molecule has 21 heavy (non-hydrogen) atoms. The topological polar surface area (TPSA) is 32.3 Å². The van der Waals surface area contributed by atoms with Crippen LogP contribution in [0.3, 0.4) is 0 Å². The van der Waals surface area contributed by atoms with E-state index in [0.29, 0.717) is 0 Å². The molecule has 0 amide bonds. The molecule has 0 N–H and O–H groups in total. The zero-order valence-electron chi connectivity index (χ0n) is 12.5. The Balaban J connectivity index is 1.61. The number of nitrogens with zero attached hydrogens (tertiary/aromatic N) is 4. The largest absolute Gasteiger partial charge is 0.348 e. The molecule has 2 aromatic rings. The summed E-state index contributed by atoms with van der Waals surface area (Å²) in [6.07, 6.45) is 8.38. The zero-order chi connectivity index (χ0) is 14.5. The second kappa shape index (κ2) is 7.00. The van der Waals surface area contributed by atoms with Gasteiger partial charge in [0.2, 0.25) is 0 Å². The minimum atomic E-state index is 0.968. The van der Waals surface area contributed by atoms with Crippen molar-refractivity contribution in [1.29, 1.82) is 0 Å². The maximum absolute atomic E-state index is 4.60. The molecule has 1 aliphatic rings. The second-order valence-corrected chi connectivity index (χ2v) is 6.56. The van der Waals surface area contributed by atoms with Crippen molar-refractivity contribution in [3.63, 3.8) is 0 Å². The SMILES string of the molecule is CCN(Cc1ccncc1)Cc1cnc(N2CCCC2)s1. The molecule has 0 bridgehead atoms. The Morgan fingerprint density at radius 1 is 1.19 bits per heavy atom. The van der Waals surface area contributed by atoms with E-state index < -0.39 is 0 Å². The third-order valence-corrected chi connectivity index (χ3v) is 4.94. The van der Waals surface area contributed by atoms with E-state index in [1.165, 1.54) is 41.5 Å². The first kappa shape index (κ1) is 14.5. The van der Waals surface area contributed by atoms with Crippen molar-refractivity contribution >= 4 is 16.5 Å². The molecular weight excluding hydrogens is 280 g/mol. The van der Waals surface area contributed by atoms with Crippen molar-refractivity contribution < 1.29 is 0 Å². The summed E-state index contributed by atoms with van der Waals surface area (Å²) in [6.45, 7) is 7.53. The summed E-state index contributed by atoms with van der Waals surface area (Å²) in [5.74, 6) is 0. The Labute approximate surface area is 130 Å². The van der Waals surface area contributed by atoms with E-state index >= 15 is 0 Å². The third-order valence-electron chi connectivity index (χ3n) is 3.90. The minimum absolute atomic E-state index is 0.968. The summed E-state index contributed by atoms with van der Waals surface area (Å²) in [6, 6.07) is 4.18. The number of thiazole rings is 1. The van der Waals surface area contributed by atoms with Gasteiger partial charge in [-0.05, 0) is 37.1 Å². The van der Waals surface area contributed by atoms with Gasteiger partial charge < -0.3 is 4.90 Å². The highest BCUT2D eigenvalue weighted by Gasteiger charge is 2.16. The molecule has 1 aliphatic heterocycles. The molecule has 0 atom stereocenters. The molecule has 3 heterocycles. The van der Waals surface area contributed by atoms with Crippen molar-refractivity contribution in [2.75, 3.05) is 24.5 Å². The number of hydrogen-bond acceptors (Lipinski definition) is 5. The van der Waals surface area contributed by atoms with Gasteiger partial charge in [0.15, 0.2) is 5.13 Å². The van der Waals surface area contributed by atoms with E-state index in [9.17, 15) is 0 Å². The Kier molecular flexibility index (Phi) is 4.83. The van der Waals surface area contributed by atoms with Crippen LogP contribution in [0.1, 0.15) is 30.2 Å². The fraction of sp³-hybridized carbons (Fsp3) is 0.500. The van der Waals surface area contributed by atoms with Crippen molar-refractivity contribution in [1.82, 2.24) is 14.9 Å². The fourth-order valence-electron chi connectivity index (χ4n) is 2.67. The highest BCUT2D eigenvalue weighted by Crippen LogP contribution is 2.26. The maximum atomic E-state index is 4.60. The summed E-state index contributed by atoms with van der Waals surface area (Å²) in [7, 11) is 0. The van der Waals surface area contributed by atoms with E-state index in [0.717, 1.165) is 19.6 Å². The van der Waals surface area contributed by atoms with Crippen molar-refractivity contribution in [2.45, 2.75) is 32.9 Å². The lowest BCUT2D eigenvalue weighted by molar-refractivity contribution is 0.273. The minimum Gasteiger partial charge on any atom is -0.348 e. The smallest absolute Gasteiger partial charge is 0.185 e. The van der Waals surface area contributed by atoms with Crippen LogP contribution in [-0.4, -0.2) is 34.5 Å².